The van der Waals surface area contributed by atoms with Gasteiger partial charge in [0.1, 0.15) is 5.82 Å². The predicted molar refractivity (Wildman–Crippen MR) is 50.9 cm³/mol. The van der Waals surface area contributed by atoms with Crippen molar-refractivity contribution in [1.29, 1.82) is 0 Å². The van der Waals surface area contributed by atoms with E-state index >= 15 is 0 Å². The van der Waals surface area contributed by atoms with Gasteiger partial charge in [-0.05, 0) is 49.4 Å². The van der Waals surface area contributed by atoms with Gasteiger partial charge in [-0.25, -0.2) is 4.39 Å². The van der Waals surface area contributed by atoms with Crippen molar-refractivity contribution in [1.82, 2.24) is 0 Å². The van der Waals surface area contributed by atoms with Crippen LogP contribution in [-0.2, 0) is 12.0 Å². The summed E-state index contributed by atoms with van der Waals surface area (Å²) in [6, 6.07) is 4.93. The van der Waals surface area contributed by atoms with Gasteiger partial charge in [-0.3, -0.25) is 0 Å². The summed E-state index contributed by atoms with van der Waals surface area (Å²) in [6.07, 6.45) is 3.01. The van der Waals surface area contributed by atoms with Crippen LogP contribution in [0, 0.1) is 5.82 Å². The molecule has 0 spiro atoms. The minimum atomic E-state index is -0.263. The molecule has 1 aromatic rings. The van der Waals surface area contributed by atoms with E-state index in [1.807, 2.05) is 13.0 Å². The smallest absolute Gasteiger partial charge is 0.123 e. The minimum Gasteiger partial charge on any atom is -0.322 e. The Morgan fingerprint density at radius 3 is 3.00 bits per heavy atom. The third-order valence-corrected chi connectivity index (χ3v) is 2.82. The first-order valence-electron chi connectivity index (χ1n) is 4.67. The Kier molecular flexibility index (Phi) is 1.88. The Hall–Kier alpha value is -0.890. The summed E-state index contributed by atoms with van der Waals surface area (Å²) in [7, 11) is 0. The fraction of sp³-hybridized carbons (Fsp3) is 0.455. The van der Waals surface area contributed by atoms with Crippen molar-refractivity contribution in [2.75, 3.05) is 0 Å². The molecule has 0 amide bonds. The van der Waals surface area contributed by atoms with Crippen molar-refractivity contribution in [2.24, 2.45) is 5.73 Å². The van der Waals surface area contributed by atoms with Crippen molar-refractivity contribution >= 4 is 0 Å². The van der Waals surface area contributed by atoms with E-state index in [0.29, 0.717) is 0 Å². The predicted octanol–water partition coefficient (Wildman–Crippen LogP) is 2.34. The molecule has 0 aromatic heterocycles. The maximum absolute atomic E-state index is 12.9. The highest BCUT2D eigenvalue weighted by atomic mass is 19.1. The highest BCUT2D eigenvalue weighted by molar-refractivity contribution is 5.35. The highest BCUT2D eigenvalue weighted by Crippen LogP contribution is 2.32. The lowest BCUT2D eigenvalue weighted by Crippen LogP contribution is -2.36. The number of aryl methyl sites for hydroxylation is 1. The molecule has 1 aromatic carbocycles. The SMILES string of the molecule is CC1(N)CCCc2cc(F)ccc21. The summed E-state index contributed by atoms with van der Waals surface area (Å²) in [5.41, 5.74) is 8.05. The summed E-state index contributed by atoms with van der Waals surface area (Å²) in [6.45, 7) is 2.02. The van der Waals surface area contributed by atoms with Gasteiger partial charge in [0.2, 0.25) is 0 Å². The second-order valence-corrected chi connectivity index (χ2v) is 4.07. The zero-order valence-electron chi connectivity index (χ0n) is 7.81. The molecule has 1 aliphatic carbocycles. The Balaban J connectivity index is 2.53. The van der Waals surface area contributed by atoms with Crippen LogP contribution in [0.2, 0.25) is 0 Å². The number of hydrogen-bond acceptors (Lipinski definition) is 1. The Bertz CT molecular complexity index is 331. The quantitative estimate of drug-likeness (QED) is 0.650. The van der Waals surface area contributed by atoms with Gasteiger partial charge in [-0.2, -0.15) is 0 Å². The molecular weight excluding hydrogens is 165 g/mol. The molecule has 0 aliphatic heterocycles. The fourth-order valence-corrected chi connectivity index (χ4v) is 2.11. The summed E-state index contributed by atoms with van der Waals surface area (Å²) in [4.78, 5) is 0. The van der Waals surface area contributed by atoms with Crippen molar-refractivity contribution in [3.63, 3.8) is 0 Å². The van der Waals surface area contributed by atoms with Crippen molar-refractivity contribution in [2.45, 2.75) is 31.7 Å². The second kappa shape index (κ2) is 2.81. The average molecular weight is 179 g/mol. The van der Waals surface area contributed by atoms with E-state index < -0.39 is 0 Å². The van der Waals surface area contributed by atoms with Crippen LogP contribution in [0.15, 0.2) is 18.2 Å². The Morgan fingerprint density at radius 1 is 1.46 bits per heavy atom. The largest absolute Gasteiger partial charge is 0.322 e. The van der Waals surface area contributed by atoms with E-state index in [2.05, 4.69) is 0 Å². The molecule has 13 heavy (non-hydrogen) atoms. The monoisotopic (exact) mass is 179 g/mol. The van der Waals surface area contributed by atoms with E-state index in [9.17, 15) is 4.39 Å². The average Bonchev–Trinajstić information content (AvgIpc) is 2.02. The van der Waals surface area contributed by atoms with Crippen LogP contribution < -0.4 is 5.73 Å². The van der Waals surface area contributed by atoms with E-state index in [1.54, 1.807) is 6.07 Å². The Morgan fingerprint density at radius 2 is 2.23 bits per heavy atom. The van der Waals surface area contributed by atoms with Gasteiger partial charge in [0, 0.05) is 5.54 Å². The number of rotatable bonds is 0. The molecule has 0 radical (unpaired) electrons. The van der Waals surface area contributed by atoms with Gasteiger partial charge < -0.3 is 5.73 Å². The second-order valence-electron chi connectivity index (χ2n) is 4.07. The maximum Gasteiger partial charge on any atom is 0.123 e. The zero-order valence-corrected chi connectivity index (χ0v) is 7.81. The van der Waals surface area contributed by atoms with Gasteiger partial charge in [-0.1, -0.05) is 6.07 Å². The third kappa shape index (κ3) is 1.46. The summed E-state index contributed by atoms with van der Waals surface area (Å²) in [5, 5.41) is 0. The van der Waals surface area contributed by atoms with Crippen LogP contribution in [0.25, 0.3) is 0 Å². The molecular formula is C11H14FN. The number of fused-ring (bicyclic) bond motifs is 1. The molecule has 0 bridgehead atoms. The fourth-order valence-electron chi connectivity index (χ4n) is 2.11. The molecule has 0 saturated heterocycles. The highest BCUT2D eigenvalue weighted by Gasteiger charge is 2.27. The van der Waals surface area contributed by atoms with Crippen LogP contribution in [0.3, 0.4) is 0 Å². The third-order valence-electron chi connectivity index (χ3n) is 2.82. The lowest BCUT2D eigenvalue weighted by molar-refractivity contribution is 0.407. The molecule has 1 atom stereocenters. The first-order chi connectivity index (χ1) is 6.09. The van der Waals surface area contributed by atoms with Crippen LogP contribution >= 0.6 is 0 Å². The lowest BCUT2D eigenvalue weighted by atomic mass is 9.78. The van der Waals surface area contributed by atoms with Crippen LogP contribution in [0.5, 0.6) is 0 Å². The van der Waals surface area contributed by atoms with Gasteiger partial charge in [0.15, 0.2) is 0 Å². The molecule has 70 valence electrons. The number of hydrogen-bond donors (Lipinski definition) is 1. The van der Waals surface area contributed by atoms with Crippen molar-refractivity contribution < 1.29 is 4.39 Å². The molecule has 2 heteroatoms. The first kappa shape index (κ1) is 8.70. The minimum absolute atomic E-state index is 0.156. The first-order valence-corrected chi connectivity index (χ1v) is 4.67. The summed E-state index contributed by atoms with van der Waals surface area (Å²) >= 11 is 0. The zero-order chi connectivity index (χ0) is 9.47. The standard InChI is InChI=1S/C11H14FN/c1-11(13)6-2-3-8-7-9(12)4-5-10(8)11/h4-5,7H,2-3,6,13H2,1H3. The summed E-state index contributed by atoms with van der Waals surface area (Å²) in [5.74, 6) is -0.156. The lowest BCUT2D eigenvalue weighted by Gasteiger charge is -2.32. The van der Waals surface area contributed by atoms with E-state index in [4.69, 9.17) is 5.73 Å². The summed E-state index contributed by atoms with van der Waals surface area (Å²) < 4.78 is 12.9. The topological polar surface area (TPSA) is 26.0 Å². The van der Waals surface area contributed by atoms with Crippen molar-refractivity contribution in [3.05, 3.63) is 35.1 Å². The van der Waals surface area contributed by atoms with Gasteiger partial charge in [0.25, 0.3) is 0 Å². The molecule has 0 fully saturated rings. The van der Waals surface area contributed by atoms with E-state index in [1.165, 1.54) is 6.07 Å². The molecule has 1 nitrogen and oxygen atoms in total. The molecule has 0 saturated carbocycles. The van der Waals surface area contributed by atoms with E-state index in [-0.39, 0.29) is 11.4 Å². The van der Waals surface area contributed by atoms with Crippen LogP contribution in [-0.4, -0.2) is 0 Å². The molecule has 1 aliphatic rings. The van der Waals surface area contributed by atoms with Gasteiger partial charge in [0.05, 0.1) is 0 Å². The maximum atomic E-state index is 12.9. The number of nitrogens with two attached hydrogens (primary N) is 1. The molecule has 2 rings (SSSR count). The normalized spacial score (nSPS) is 27.0. The molecule has 0 heterocycles. The van der Waals surface area contributed by atoms with Crippen LogP contribution in [0.4, 0.5) is 4.39 Å². The van der Waals surface area contributed by atoms with Crippen LogP contribution in [0.1, 0.15) is 30.9 Å². The van der Waals surface area contributed by atoms with Crippen molar-refractivity contribution in [3.8, 4) is 0 Å². The number of benzene rings is 1. The van der Waals surface area contributed by atoms with Gasteiger partial charge >= 0.3 is 0 Å². The van der Waals surface area contributed by atoms with E-state index in [0.717, 1.165) is 30.4 Å². The molecule has 1 unspecified atom stereocenters. The van der Waals surface area contributed by atoms with Gasteiger partial charge in [-0.15, -0.1) is 0 Å². The molecule has 2 N–H and O–H groups in total. The number of halogens is 1. The Labute approximate surface area is 77.8 Å².